The van der Waals surface area contributed by atoms with E-state index in [9.17, 15) is 14.4 Å². The number of ether oxygens (including phenoxy) is 3. The Morgan fingerprint density at radius 1 is 1.03 bits per heavy atom. The maximum Gasteiger partial charge on any atom is 0.410 e. The van der Waals surface area contributed by atoms with Crippen molar-refractivity contribution in [1.82, 2.24) is 4.90 Å². The van der Waals surface area contributed by atoms with E-state index in [-0.39, 0.29) is 18.9 Å². The summed E-state index contributed by atoms with van der Waals surface area (Å²) in [5, 5.41) is 11.8. The molecule has 5 rings (SSSR count). The highest BCUT2D eigenvalue weighted by Crippen LogP contribution is 2.37. The number of benzene rings is 3. The van der Waals surface area contributed by atoms with Gasteiger partial charge in [0.25, 0.3) is 0 Å². The molecule has 0 spiro atoms. The lowest BCUT2D eigenvalue weighted by Crippen LogP contribution is -2.24. The third-order valence-corrected chi connectivity index (χ3v) is 5.66. The highest BCUT2D eigenvalue weighted by atomic mass is 16.6. The van der Waals surface area contributed by atoms with Crippen LogP contribution in [0.4, 0.5) is 10.5 Å². The zero-order valence-corrected chi connectivity index (χ0v) is 19.9. The minimum absolute atomic E-state index is 0.168. The fraction of sp³-hybridized carbons (Fsp3) is 0.222. The standard InChI is InChI=1S/C21H22N2O7.C6H4/c1-13(24)22-16-4-3-5-17(15(16)12-23-8-9-29-21(23)27)30-19-10-14(11-20(25)26)6-7-18(19)28-2;1-2-6-4-3-5(1)6/h3-7,10H,8-9,11-12H2,1-2H3,(H,22,24)(H,25,26);1-4H. The number of anilines is 1. The summed E-state index contributed by atoms with van der Waals surface area (Å²) in [5.41, 5.74) is 4.48. The van der Waals surface area contributed by atoms with Crippen LogP contribution >= 0.6 is 0 Å². The van der Waals surface area contributed by atoms with Gasteiger partial charge < -0.3 is 29.5 Å². The van der Waals surface area contributed by atoms with Gasteiger partial charge in [0.2, 0.25) is 5.91 Å². The third-order valence-electron chi connectivity index (χ3n) is 5.66. The topological polar surface area (TPSA) is 114 Å². The summed E-state index contributed by atoms with van der Waals surface area (Å²) in [6, 6.07) is 18.5. The van der Waals surface area contributed by atoms with E-state index in [0.717, 1.165) is 0 Å². The Hall–Kier alpha value is -4.53. The molecule has 0 atom stereocenters. The fourth-order valence-corrected chi connectivity index (χ4v) is 3.76. The van der Waals surface area contributed by atoms with Crippen LogP contribution in [0.3, 0.4) is 0 Å². The third kappa shape index (κ3) is 5.75. The van der Waals surface area contributed by atoms with E-state index in [4.69, 9.17) is 19.3 Å². The molecule has 2 aromatic rings. The predicted molar refractivity (Wildman–Crippen MR) is 132 cm³/mol. The molecule has 1 fully saturated rings. The Kier molecular flexibility index (Phi) is 7.39. The van der Waals surface area contributed by atoms with Crippen LogP contribution in [-0.4, -0.2) is 48.2 Å². The monoisotopic (exact) mass is 490 g/mol. The highest BCUT2D eigenvalue weighted by molar-refractivity contribution is 5.90. The van der Waals surface area contributed by atoms with Crippen molar-refractivity contribution < 1.29 is 33.7 Å². The summed E-state index contributed by atoms with van der Waals surface area (Å²) in [5.74, 6) is -0.0979. The number of cyclic esters (lactones) is 1. The van der Waals surface area contributed by atoms with Gasteiger partial charge >= 0.3 is 12.1 Å². The van der Waals surface area contributed by atoms with Crippen LogP contribution in [0.1, 0.15) is 18.1 Å². The lowest BCUT2D eigenvalue weighted by atomic mass is 9.95. The van der Waals surface area contributed by atoms with E-state index in [2.05, 4.69) is 29.6 Å². The number of carboxylic acid groups (broad SMARTS) is 1. The molecule has 2 amide bonds. The van der Waals surface area contributed by atoms with E-state index < -0.39 is 12.1 Å². The molecule has 36 heavy (non-hydrogen) atoms. The van der Waals surface area contributed by atoms with E-state index in [1.807, 2.05) is 0 Å². The molecule has 3 aliphatic rings. The molecular formula is C27H26N2O7. The van der Waals surface area contributed by atoms with E-state index >= 15 is 0 Å². The Labute approximate surface area is 208 Å². The van der Waals surface area contributed by atoms with E-state index in [0.29, 0.717) is 47.2 Å². The molecule has 0 aromatic heterocycles. The van der Waals surface area contributed by atoms with Crippen molar-refractivity contribution in [2.75, 3.05) is 25.6 Å². The number of hydrogen-bond acceptors (Lipinski definition) is 6. The van der Waals surface area contributed by atoms with Crippen molar-refractivity contribution in [2.45, 2.75) is 19.9 Å². The van der Waals surface area contributed by atoms with Crippen molar-refractivity contribution >= 4 is 23.7 Å². The average Bonchev–Trinajstić information content (AvgIpc) is 3.22. The van der Waals surface area contributed by atoms with Crippen LogP contribution in [0.5, 0.6) is 17.2 Å². The van der Waals surface area contributed by atoms with Gasteiger partial charge in [0.05, 0.1) is 26.6 Å². The summed E-state index contributed by atoms with van der Waals surface area (Å²) in [4.78, 5) is 36.1. The minimum Gasteiger partial charge on any atom is -0.493 e. The summed E-state index contributed by atoms with van der Waals surface area (Å²) in [7, 11) is 1.48. The highest BCUT2D eigenvalue weighted by Gasteiger charge is 2.25. The van der Waals surface area contributed by atoms with Gasteiger partial charge in [-0.15, -0.1) is 0 Å². The fourth-order valence-electron chi connectivity index (χ4n) is 3.76. The molecule has 0 radical (unpaired) electrons. The number of hydrogen-bond donors (Lipinski definition) is 2. The van der Waals surface area contributed by atoms with Crippen LogP contribution in [0.25, 0.3) is 11.1 Å². The van der Waals surface area contributed by atoms with Crippen molar-refractivity contribution in [2.24, 2.45) is 0 Å². The van der Waals surface area contributed by atoms with Gasteiger partial charge in [0.15, 0.2) is 11.5 Å². The molecule has 0 bridgehead atoms. The zero-order chi connectivity index (χ0) is 25.7. The molecular weight excluding hydrogens is 464 g/mol. The van der Waals surface area contributed by atoms with E-state index in [1.165, 1.54) is 30.1 Å². The molecule has 9 heteroatoms. The number of carboxylic acids is 1. The molecule has 9 nitrogen and oxygen atoms in total. The summed E-state index contributed by atoms with van der Waals surface area (Å²) in [6.07, 6.45) is -0.613. The largest absolute Gasteiger partial charge is 0.493 e. The van der Waals surface area contributed by atoms with Gasteiger partial charge in [0, 0.05) is 18.2 Å². The SMILES string of the molecule is COc1ccc(CC(=O)O)cc1Oc1cccc(NC(C)=O)c1CN1CCOC1=O.c1cc2ccc1-2. The normalized spacial score (nSPS) is 12.7. The van der Waals surface area contributed by atoms with Gasteiger partial charge in [0.1, 0.15) is 12.4 Å². The van der Waals surface area contributed by atoms with Gasteiger partial charge in [-0.1, -0.05) is 36.4 Å². The number of nitrogens with zero attached hydrogens (tertiary/aromatic N) is 1. The quantitative estimate of drug-likeness (QED) is 0.368. The number of rotatable bonds is 8. The molecule has 1 heterocycles. The predicted octanol–water partition coefficient (Wildman–Crippen LogP) is 4.69. The Morgan fingerprint density at radius 2 is 1.75 bits per heavy atom. The second kappa shape index (κ2) is 10.8. The second-order valence-corrected chi connectivity index (χ2v) is 8.23. The second-order valence-electron chi connectivity index (χ2n) is 8.23. The summed E-state index contributed by atoms with van der Waals surface area (Å²) >= 11 is 0. The Balaban J connectivity index is 0.000000434. The molecule has 0 unspecified atom stereocenters. The number of methoxy groups -OCH3 is 1. The number of carbonyl (C=O) groups excluding carboxylic acids is 2. The van der Waals surface area contributed by atoms with Crippen LogP contribution in [0.2, 0.25) is 0 Å². The van der Waals surface area contributed by atoms with E-state index in [1.54, 1.807) is 36.4 Å². The zero-order valence-electron chi connectivity index (χ0n) is 19.9. The first-order chi connectivity index (χ1) is 17.3. The first kappa shape index (κ1) is 24.6. The van der Waals surface area contributed by atoms with Gasteiger partial charge in [-0.2, -0.15) is 0 Å². The van der Waals surface area contributed by atoms with Crippen LogP contribution < -0.4 is 14.8 Å². The number of fused-ring (bicyclic) bond motifs is 1. The minimum atomic E-state index is -0.966. The smallest absolute Gasteiger partial charge is 0.410 e. The van der Waals surface area contributed by atoms with Crippen molar-refractivity contribution in [3.8, 4) is 28.4 Å². The molecule has 0 saturated carbocycles. The molecule has 2 N–H and O–H groups in total. The van der Waals surface area contributed by atoms with Crippen LogP contribution in [-0.2, 0) is 27.3 Å². The lowest BCUT2D eigenvalue weighted by molar-refractivity contribution is -0.136. The number of aliphatic carboxylic acids is 1. The molecule has 1 saturated heterocycles. The summed E-state index contributed by atoms with van der Waals surface area (Å²) in [6.45, 7) is 2.27. The molecule has 1 aliphatic heterocycles. The van der Waals surface area contributed by atoms with Gasteiger partial charge in [-0.05, 0) is 41.0 Å². The number of nitrogens with one attached hydrogen (secondary N) is 1. The number of amides is 2. The van der Waals surface area contributed by atoms with Gasteiger partial charge in [-0.3, -0.25) is 9.59 Å². The molecule has 186 valence electrons. The van der Waals surface area contributed by atoms with Crippen molar-refractivity contribution in [3.63, 3.8) is 0 Å². The van der Waals surface area contributed by atoms with Gasteiger partial charge in [-0.25, -0.2) is 4.79 Å². The molecule has 2 aliphatic carbocycles. The molecule has 2 aromatic carbocycles. The number of carbonyl (C=O) groups is 3. The van der Waals surface area contributed by atoms with Crippen molar-refractivity contribution in [3.05, 3.63) is 71.8 Å². The average molecular weight is 491 g/mol. The van der Waals surface area contributed by atoms with Crippen LogP contribution in [0.15, 0.2) is 60.7 Å². The summed E-state index contributed by atoms with van der Waals surface area (Å²) < 4.78 is 16.4. The van der Waals surface area contributed by atoms with Crippen LogP contribution in [0, 0.1) is 0 Å². The first-order valence-electron chi connectivity index (χ1n) is 11.3. The Morgan fingerprint density at radius 3 is 2.28 bits per heavy atom. The first-order valence-corrected chi connectivity index (χ1v) is 11.3. The Bertz CT molecular complexity index is 1270. The van der Waals surface area contributed by atoms with Crippen molar-refractivity contribution in [1.29, 1.82) is 0 Å². The lowest BCUT2D eigenvalue weighted by Gasteiger charge is -2.20. The maximum atomic E-state index is 11.9. The maximum absolute atomic E-state index is 11.9.